The molecule has 0 radical (unpaired) electrons. The Kier molecular flexibility index (Phi) is 10.2. The van der Waals surface area contributed by atoms with Crippen molar-refractivity contribution < 1.29 is 13.9 Å². The number of likely N-dealkylation sites (tertiary alicyclic amines) is 2. The third kappa shape index (κ3) is 8.05. The maximum Gasteiger partial charge on any atom is 0.225 e. The van der Waals surface area contributed by atoms with Gasteiger partial charge in [0.05, 0.1) is 0 Å². The van der Waals surface area contributed by atoms with E-state index in [-0.39, 0.29) is 17.2 Å². The molecule has 44 heavy (non-hydrogen) atoms. The molecule has 0 aliphatic carbocycles. The molecule has 0 bridgehead atoms. The van der Waals surface area contributed by atoms with Crippen molar-refractivity contribution >= 4 is 5.91 Å². The molecule has 0 atom stereocenters. The van der Waals surface area contributed by atoms with Crippen LogP contribution in [0.5, 0.6) is 5.75 Å². The number of pyridine rings is 1. The van der Waals surface area contributed by atoms with Crippen LogP contribution in [0, 0.1) is 17.2 Å². The van der Waals surface area contributed by atoms with E-state index in [0.717, 1.165) is 102 Å². The van der Waals surface area contributed by atoms with Gasteiger partial charge in [-0.05, 0) is 104 Å². The highest BCUT2D eigenvalue weighted by atomic mass is 19.1. The number of amides is 1. The lowest BCUT2D eigenvalue weighted by Gasteiger charge is -2.46. The number of halogens is 1. The molecule has 0 saturated carbocycles. The fourth-order valence-corrected chi connectivity index (χ4v) is 7.52. The number of ether oxygens (including phenoxy) is 1. The molecule has 2 saturated heterocycles. The molecule has 2 fully saturated rings. The van der Waals surface area contributed by atoms with Gasteiger partial charge in [0.2, 0.25) is 5.91 Å². The Balaban J connectivity index is 1.07. The summed E-state index contributed by atoms with van der Waals surface area (Å²) < 4.78 is 19.6. The zero-order valence-electron chi connectivity index (χ0n) is 26.0. The van der Waals surface area contributed by atoms with Crippen molar-refractivity contribution in [1.29, 1.82) is 0 Å². The van der Waals surface area contributed by atoms with Crippen LogP contribution in [-0.2, 0) is 24.3 Å². The molecule has 1 aromatic heterocycles. The van der Waals surface area contributed by atoms with Gasteiger partial charge in [0.25, 0.3) is 0 Å². The first-order chi connectivity index (χ1) is 21.6. The van der Waals surface area contributed by atoms with Crippen molar-refractivity contribution in [2.24, 2.45) is 11.3 Å². The number of fused-ring (bicyclic) bond motifs is 1. The first kappa shape index (κ1) is 30.7. The summed E-state index contributed by atoms with van der Waals surface area (Å²) in [5.41, 5.74) is 3.87. The van der Waals surface area contributed by atoms with Gasteiger partial charge in [-0.2, -0.15) is 0 Å². The molecule has 4 heterocycles. The van der Waals surface area contributed by atoms with Crippen LogP contribution >= 0.6 is 0 Å². The summed E-state index contributed by atoms with van der Waals surface area (Å²) in [6, 6.07) is 19.5. The highest BCUT2D eigenvalue weighted by Crippen LogP contribution is 2.39. The molecule has 2 aromatic carbocycles. The van der Waals surface area contributed by atoms with E-state index in [4.69, 9.17) is 4.74 Å². The summed E-state index contributed by atoms with van der Waals surface area (Å²) in [5.74, 6) is 1.30. The third-order valence-corrected chi connectivity index (χ3v) is 10.1. The molecular weight excluding hydrogens is 551 g/mol. The zero-order chi connectivity index (χ0) is 30.2. The maximum absolute atomic E-state index is 13.7. The standard InChI is InChI=1S/C37H47FN4O2/c38-34-12-10-30(11-13-34)27-40-20-14-33(15-21-40)36(43)42-22-17-37(18-23-42)16-4-3-8-32-7-1-2-9-35(32)44-25-24-41(29-37)28-31-6-5-19-39-26-31/h1-2,5-7,9-13,19,26,33H,3-4,8,14-18,20-25,27-29H2. The Morgan fingerprint density at radius 3 is 2.39 bits per heavy atom. The van der Waals surface area contributed by atoms with Crippen molar-refractivity contribution in [2.75, 3.05) is 45.9 Å². The van der Waals surface area contributed by atoms with Crippen molar-refractivity contribution in [3.05, 3.63) is 95.6 Å². The molecular formula is C37H47FN4O2. The van der Waals surface area contributed by atoms with E-state index in [1.807, 2.05) is 30.6 Å². The van der Waals surface area contributed by atoms with Crippen molar-refractivity contribution in [3.8, 4) is 5.75 Å². The predicted octanol–water partition coefficient (Wildman–Crippen LogP) is 6.35. The van der Waals surface area contributed by atoms with E-state index in [1.165, 1.54) is 36.1 Å². The number of carbonyl (C=O) groups is 1. The minimum absolute atomic E-state index is 0.115. The summed E-state index contributed by atoms with van der Waals surface area (Å²) in [6.07, 6.45) is 12.3. The number of aromatic nitrogens is 1. The smallest absolute Gasteiger partial charge is 0.225 e. The number of nitrogens with zero attached hydrogens (tertiary/aromatic N) is 4. The van der Waals surface area contributed by atoms with Crippen LogP contribution in [0.2, 0.25) is 0 Å². The average Bonchev–Trinajstić information content (AvgIpc) is 3.05. The lowest BCUT2D eigenvalue weighted by molar-refractivity contribution is -0.140. The van der Waals surface area contributed by atoms with Crippen molar-refractivity contribution in [2.45, 2.75) is 64.5 Å². The van der Waals surface area contributed by atoms with Crippen LogP contribution in [0.15, 0.2) is 73.1 Å². The number of para-hydroxylation sites is 1. The number of benzene rings is 2. The van der Waals surface area contributed by atoms with Crippen LogP contribution in [0.1, 0.15) is 61.6 Å². The molecule has 3 aliphatic heterocycles. The largest absolute Gasteiger partial charge is 0.492 e. The number of hydrogen-bond donors (Lipinski definition) is 0. The van der Waals surface area contributed by atoms with Gasteiger partial charge in [0.15, 0.2) is 0 Å². The lowest BCUT2D eigenvalue weighted by atomic mass is 9.73. The van der Waals surface area contributed by atoms with E-state index in [9.17, 15) is 9.18 Å². The summed E-state index contributed by atoms with van der Waals surface area (Å²) >= 11 is 0. The summed E-state index contributed by atoms with van der Waals surface area (Å²) in [4.78, 5) is 25.2. The van der Waals surface area contributed by atoms with E-state index in [1.54, 1.807) is 0 Å². The summed E-state index contributed by atoms with van der Waals surface area (Å²) in [5, 5.41) is 0. The second-order valence-corrected chi connectivity index (χ2v) is 13.2. The normalized spacial score (nSPS) is 20.7. The first-order valence-corrected chi connectivity index (χ1v) is 16.6. The van der Waals surface area contributed by atoms with Gasteiger partial charge in [-0.1, -0.05) is 42.8 Å². The molecule has 3 aliphatic rings. The SMILES string of the molecule is O=C(C1CCN(Cc2ccc(F)cc2)CC1)N1CCC2(CCCCc3ccccc3OCCN(Cc3cccnc3)C2)CC1. The van der Waals surface area contributed by atoms with Crippen LogP contribution in [0.25, 0.3) is 0 Å². The second-order valence-electron chi connectivity index (χ2n) is 13.2. The number of aryl methyl sites for hydroxylation is 1. The van der Waals surface area contributed by atoms with E-state index < -0.39 is 0 Å². The van der Waals surface area contributed by atoms with Crippen molar-refractivity contribution in [1.82, 2.24) is 19.7 Å². The first-order valence-electron chi connectivity index (χ1n) is 16.6. The topological polar surface area (TPSA) is 48.9 Å². The van der Waals surface area contributed by atoms with Gasteiger partial charge in [-0.3, -0.25) is 19.6 Å². The molecule has 6 nitrogen and oxygen atoms in total. The Morgan fingerprint density at radius 1 is 0.841 bits per heavy atom. The van der Waals surface area contributed by atoms with E-state index in [0.29, 0.717) is 12.5 Å². The van der Waals surface area contributed by atoms with E-state index >= 15 is 0 Å². The minimum atomic E-state index is -0.196. The highest BCUT2D eigenvalue weighted by molar-refractivity contribution is 5.79. The summed E-state index contributed by atoms with van der Waals surface area (Å²) in [6.45, 7) is 7.78. The number of carbonyl (C=O) groups excluding carboxylic acids is 1. The average molecular weight is 599 g/mol. The van der Waals surface area contributed by atoms with Crippen LogP contribution in [-0.4, -0.2) is 71.5 Å². The molecule has 0 unspecified atom stereocenters. The fourth-order valence-electron chi connectivity index (χ4n) is 7.52. The number of piperidine rings is 2. The monoisotopic (exact) mass is 598 g/mol. The van der Waals surface area contributed by atoms with Crippen LogP contribution in [0.4, 0.5) is 4.39 Å². The van der Waals surface area contributed by atoms with Crippen LogP contribution < -0.4 is 4.74 Å². The Bertz CT molecular complexity index is 1340. The number of hydrogen-bond acceptors (Lipinski definition) is 5. The molecule has 1 amide bonds. The Morgan fingerprint density at radius 2 is 1.61 bits per heavy atom. The van der Waals surface area contributed by atoms with E-state index in [2.05, 4.69) is 50.0 Å². The zero-order valence-corrected chi connectivity index (χ0v) is 26.0. The van der Waals surface area contributed by atoms with Gasteiger partial charge in [0.1, 0.15) is 18.2 Å². The maximum atomic E-state index is 13.7. The molecule has 6 rings (SSSR count). The molecule has 234 valence electrons. The van der Waals surface area contributed by atoms with Gasteiger partial charge >= 0.3 is 0 Å². The van der Waals surface area contributed by atoms with Gasteiger partial charge in [0, 0.05) is 57.6 Å². The van der Waals surface area contributed by atoms with Gasteiger partial charge in [-0.25, -0.2) is 4.39 Å². The lowest BCUT2D eigenvalue weighted by Crippen LogP contribution is -2.50. The van der Waals surface area contributed by atoms with Crippen LogP contribution in [0.3, 0.4) is 0 Å². The van der Waals surface area contributed by atoms with Gasteiger partial charge < -0.3 is 9.64 Å². The Labute approximate surface area is 262 Å². The molecule has 7 heteroatoms. The minimum Gasteiger partial charge on any atom is -0.492 e. The Hall–Kier alpha value is -3.29. The molecule has 1 spiro atoms. The quantitative estimate of drug-likeness (QED) is 0.343. The molecule has 0 N–H and O–H groups in total. The number of rotatable bonds is 5. The second kappa shape index (κ2) is 14.7. The van der Waals surface area contributed by atoms with Crippen molar-refractivity contribution in [3.63, 3.8) is 0 Å². The van der Waals surface area contributed by atoms with Gasteiger partial charge in [-0.15, -0.1) is 0 Å². The summed E-state index contributed by atoms with van der Waals surface area (Å²) in [7, 11) is 0. The predicted molar refractivity (Wildman–Crippen MR) is 172 cm³/mol. The third-order valence-electron chi connectivity index (χ3n) is 10.1. The molecule has 3 aromatic rings. The fraction of sp³-hybridized carbons (Fsp3) is 0.514. The highest BCUT2D eigenvalue weighted by Gasteiger charge is 2.39.